The molecule has 0 N–H and O–H groups in total. The largest absolute Gasteiger partial charge is 0.465 e. The van der Waals surface area contributed by atoms with E-state index in [0.29, 0.717) is 10.6 Å². The van der Waals surface area contributed by atoms with E-state index in [2.05, 4.69) is 5.10 Å². The van der Waals surface area contributed by atoms with Crippen LogP contribution in [0, 0.1) is 3.95 Å². The van der Waals surface area contributed by atoms with Gasteiger partial charge in [0.2, 0.25) is 0 Å². The number of aromatic nitrogens is 2. The average Bonchev–Trinajstić information content (AvgIpc) is 3.02. The van der Waals surface area contributed by atoms with E-state index in [0.717, 1.165) is 15.6 Å². The molecular weight excluding hydrogens is 372 g/mol. The fourth-order valence-electron chi connectivity index (χ4n) is 2.24. The number of carbonyl (C=O) groups excluding carboxylic acids is 1. The second kappa shape index (κ2) is 8.42. The van der Waals surface area contributed by atoms with Gasteiger partial charge >= 0.3 is 5.97 Å². The van der Waals surface area contributed by atoms with Crippen LogP contribution in [-0.4, -0.2) is 22.4 Å². The summed E-state index contributed by atoms with van der Waals surface area (Å²) >= 11 is 8.19. The summed E-state index contributed by atoms with van der Waals surface area (Å²) in [6.45, 7) is 2.15. The first-order valence-electron chi connectivity index (χ1n) is 7.73. The van der Waals surface area contributed by atoms with Gasteiger partial charge in [-0.1, -0.05) is 71.6 Å². The van der Waals surface area contributed by atoms with Gasteiger partial charge in [-0.2, -0.15) is 0 Å². The lowest BCUT2D eigenvalue weighted by atomic mass is 10.1. The van der Waals surface area contributed by atoms with Crippen LogP contribution in [-0.2, 0) is 9.53 Å². The highest BCUT2D eigenvalue weighted by Crippen LogP contribution is 2.38. The molecule has 1 atom stereocenters. The molecule has 0 aliphatic rings. The molecule has 0 unspecified atom stereocenters. The predicted molar refractivity (Wildman–Crippen MR) is 104 cm³/mol. The van der Waals surface area contributed by atoms with Crippen molar-refractivity contribution in [2.45, 2.75) is 16.5 Å². The Hall–Kier alpha value is -1.96. The maximum absolute atomic E-state index is 12.4. The third-order valence-electron chi connectivity index (χ3n) is 3.35. The van der Waals surface area contributed by atoms with E-state index in [-0.39, 0.29) is 5.97 Å². The fraction of sp³-hybridized carbons (Fsp3) is 0.167. The smallest absolute Gasteiger partial charge is 0.324 e. The van der Waals surface area contributed by atoms with Crippen molar-refractivity contribution in [3.8, 4) is 5.69 Å². The van der Waals surface area contributed by atoms with E-state index >= 15 is 0 Å². The number of nitrogens with zero attached hydrogens (tertiary/aromatic N) is 2. The number of hydrogen-bond acceptors (Lipinski definition) is 6. The van der Waals surface area contributed by atoms with E-state index < -0.39 is 5.25 Å². The minimum Gasteiger partial charge on any atom is -0.465 e. The first kappa shape index (κ1) is 17.8. The van der Waals surface area contributed by atoms with Crippen molar-refractivity contribution in [1.82, 2.24) is 9.78 Å². The van der Waals surface area contributed by atoms with Gasteiger partial charge in [0.05, 0.1) is 12.3 Å². The minimum atomic E-state index is -0.467. The number of hydrogen-bond donors (Lipinski definition) is 0. The summed E-state index contributed by atoms with van der Waals surface area (Å²) in [5.74, 6) is -0.272. The van der Waals surface area contributed by atoms with Crippen LogP contribution in [0.2, 0.25) is 0 Å². The van der Waals surface area contributed by atoms with Crippen LogP contribution < -0.4 is 0 Å². The maximum Gasteiger partial charge on any atom is 0.324 e. The number of benzene rings is 2. The number of rotatable bonds is 6. The molecule has 0 aliphatic carbocycles. The zero-order chi connectivity index (χ0) is 17.6. The summed E-state index contributed by atoms with van der Waals surface area (Å²) in [7, 11) is 0. The van der Waals surface area contributed by atoms with Crippen LogP contribution in [0.15, 0.2) is 65.0 Å². The Morgan fingerprint density at radius 2 is 1.84 bits per heavy atom. The highest BCUT2D eigenvalue weighted by molar-refractivity contribution is 8.02. The van der Waals surface area contributed by atoms with Crippen LogP contribution in [0.4, 0.5) is 0 Å². The molecule has 0 spiro atoms. The standard InChI is InChI=1S/C18H16N2O2S3/c1-2-22-16(21)15(13-9-5-3-6-10-13)24-17-19-20(18(23)25-17)14-11-7-4-8-12-14/h3-12,15H,2H2,1H3/t15-/m0/s1. The molecule has 1 aromatic heterocycles. The van der Waals surface area contributed by atoms with Crippen LogP contribution in [0.5, 0.6) is 0 Å². The number of thioether (sulfide) groups is 1. The van der Waals surface area contributed by atoms with Crippen molar-refractivity contribution in [3.05, 3.63) is 70.2 Å². The SMILES string of the molecule is CCOC(=O)[C@@H](Sc1nn(-c2ccccc2)c(=S)s1)c1ccccc1. The molecule has 0 aliphatic heterocycles. The lowest BCUT2D eigenvalue weighted by Gasteiger charge is -2.13. The summed E-state index contributed by atoms with van der Waals surface area (Å²) in [5, 5.41) is 4.11. The zero-order valence-corrected chi connectivity index (χ0v) is 15.9. The van der Waals surface area contributed by atoms with Gasteiger partial charge in [0, 0.05) is 0 Å². The normalized spacial score (nSPS) is 11.9. The predicted octanol–water partition coefficient (Wildman–Crippen LogP) is 5.06. The molecule has 4 nitrogen and oxygen atoms in total. The van der Waals surface area contributed by atoms with E-state index in [1.807, 2.05) is 60.7 Å². The molecule has 1 heterocycles. The number of ether oxygens (including phenoxy) is 1. The molecule has 0 saturated carbocycles. The third kappa shape index (κ3) is 4.36. The zero-order valence-electron chi connectivity index (χ0n) is 13.5. The van der Waals surface area contributed by atoms with Gasteiger partial charge in [-0.05, 0) is 36.8 Å². The highest BCUT2D eigenvalue weighted by Gasteiger charge is 2.25. The molecular formula is C18H16N2O2S3. The molecule has 2 aromatic carbocycles. The van der Waals surface area contributed by atoms with E-state index in [1.54, 1.807) is 11.6 Å². The Morgan fingerprint density at radius 3 is 2.48 bits per heavy atom. The van der Waals surface area contributed by atoms with Gasteiger partial charge in [0.25, 0.3) is 0 Å². The molecule has 0 fully saturated rings. The fourth-order valence-corrected chi connectivity index (χ4v) is 4.79. The molecule has 128 valence electrons. The molecule has 0 amide bonds. The van der Waals surface area contributed by atoms with E-state index in [9.17, 15) is 4.79 Å². The van der Waals surface area contributed by atoms with Gasteiger partial charge in [0.1, 0.15) is 5.25 Å². The Balaban J connectivity index is 1.90. The number of carbonyl (C=O) groups is 1. The minimum absolute atomic E-state index is 0.272. The molecule has 0 radical (unpaired) electrons. The van der Waals surface area contributed by atoms with Crippen LogP contribution in [0.3, 0.4) is 0 Å². The van der Waals surface area contributed by atoms with Gasteiger partial charge in [-0.15, -0.1) is 5.10 Å². The van der Waals surface area contributed by atoms with Gasteiger partial charge in [-0.25, -0.2) is 4.68 Å². The van der Waals surface area contributed by atoms with E-state index in [4.69, 9.17) is 17.0 Å². The van der Waals surface area contributed by atoms with Gasteiger partial charge in [-0.3, -0.25) is 4.79 Å². The van der Waals surface area contributed by atoms with Crippen molar-refractivity contribution in [2.75, 3.05) is 6.61 Å². The highest BCUT2D eigenvalue weighted by atomic mass is 32.2. The Labute approximate surface area is 159 Å². The Bertz CT molecular complexity index is 891. The summed E-state index contributed by atoms with van der Waals surface area (Å²) in [6, 6.07) is 19.3. The Morgan fingerprint density at radius 1 is 1.20 bits per heavy atom. The van der Waals surface area contributed by atoms with Gasteiger partial charge in [0.15, 0.2) is 8.29 Å². The summed E-state index contributed by atoms with van der Waals surface area (Å²) in [5.41, 5.74) is 1.79. The second-order valence-corrected chi connectivity index (χ2v) is 8.02. The monoisotopic (exact) mass is 388 g/mol. The molecule has 7 heteroatoms. The molecule has 3 aromatic rings. The molecule has 0 saturated heterocycles. The summed E-state index contributed by atoms with van der Waals surface area (Å²) < 4.78 is 8.33. The Kier molecular flexibility index (Phi) is 6.01. The second-order valence-electron chi connectivity index (χ2n) is 5.04. The van der Waals surface area contributed by atoms with Crippen LogP contribution >= 0.6 is 35.3 Å². The lowest BCUT2D eigenvalue weighted by Crippen LogP contribution is -2.13. The average molecular weight is 389 g/mol. The summed E-state index contributed by atoms with van der Waals surface area (Å²) in [4.78, 5) is 12.4. The van der Waals surface area contributed by atoms with E-state index in [1.165, 1.54) is 23.1 Å². The number of para-hydroxylation sites is 1. The maximum atomic E-state index is 12.4. The lowest BCUT2D eigenvalue weighted by molar-refractivity contribution is -0.142. The van der Waals surface area contributed by atoms with Crippen molar-refractivity contribution in [1.29, 1.82) is 0 Å². The van der Waals surface area contributed by atoms with Crippen LogP contribution in [0.1, 0.15) is 17.7 Å². The first-order valence-corrected chi connectivity index (χ1v) is 9.83. The number of esters is 1. The van der Waals surface area contributed by atoms with Crippen molar-refractivity contribution >= 4 is 41.3 Å². The molecule has 0 bridgehead atoms. The van der Waals surface area contributed by atoms with Crippen molar-refractivity contribution < 1.29 is 9.53 Å². The van der Waals surface area contributed by atoms with Crippen LogP contribution in [0.25, 0.3) is 5.69 Å². The van der Waals surface area contributed by atoms with Crippen molar-refractivity contribution in [2.24, 2.45) is 0 Å². The topological polar surface area (TPSA) is 44.1 Å². The molecule has 25 heavy (non-hydrogen) atoms. The van der Waals surface area contributed by atoms with Gasteiger partial charge < -0.3 is 4.74 Å². The first-order chi connectivity index (χ1) is 12.2. The quantitative estimate of drug-likeness (QED) is 0.335. The summed E-state index contributed by atoms with van der Waals surface area (Å²) in [6.07, 6.45) is 0. The molecule has 3 rings (SSSR count). The third-order valence-corrected chi connectivity index (χ3v) is 5.90. The van der Waals surface area contributed by atoms with Crippen molar-refractivity contribution in [3.63, 3.8) is 0 Å².